The van der Waals surface area contributed by atoms with Crippen LogP contribution in [0, 0.1) is 0 Å². The summed E-state index contributed by atoms with van der Waals surface area (Å²) < 4.78 is 0. The molecule has 1 aromatic rings. The molecule has 0 radical (unpaired) electrons. The third kappa shape index (κ3) is 2.95. The van der Waals surface area contributed by atoms with Crippen molar-refractivity contribution in [3.05, 3.63) is 23.4 Å². The van der Waals surface area contributed by atoms with Crippen molar-refractivity contribution >= 4 is 5.82 Å². The summed E-state index contributed by atoms with van der Waals surface area (Å²) in [4.78, 5) is 6.85. The topological polar surface area (TPSA) is 28.2 Å². The average Bonchev–Trinajstić information content (AvgIpc) is 2.71. The summed E-state index contributed by atoms with van der Waals surface area (Å²) >= 11 is 0. The fourth-order valence-corrected chi connectivity index (χ4v) is 2.13. The summed E-state index contributed by atoms with van der Waals surface area (Å²) in [6.07, 6.45) is 4.80. The Morgan fingerprint density at radius 3 is 3.00 bits per heavy atom. The van der Waals surface area contributed by atoms with Crippen LogP contribution in [0.2, 0.25) is 0 Å². The molecule has 1 aromatic heterocycles. The maximum absolute atomic E-state index is 4.65. The van der Waals surface area contributed by atoms with Gasteiger partial charge >= 0.3 is 0 Å². The number of aromatic nitrogens is 1. The van der Waals surface area contributed by atoms with Crippen LogP contribution in [0.15, 0.2) is 12.1 Å². The zero-order chi connectivity index (χ0) is 11.4. The average molecular weight is 219 g/mol. The molecule has 1 aliphatic carbocycles. The number of fused-ring (bicyclic) bond motifs is 1. The lowest BCUT2D eigenvalue weighted by molar-refractivity contribution is 0.405. The van der Waals surface area contributed by atoms with E-state index in [0.717, 1.165) is 31.7 Å². The highest BCUT2D eigenvalue weighted by Crippen LogP contribution is 2.21. The number of aryl methyl sites for hydroxylation is 2. The highest BCUT2D eigenvalue weighted by molar-refractivity contribution is 5.40. The molecular formula is C13H21N3. The Labute approximate surface area is 97.9 Å². The van der Waals surface area contributed by atoms with E-state index in [1.807, 2.05) is 0 Å². The zero-order valence-electron chi connectivity index (χ0n) is 10.3. The van der Waals surface area contributed by atoms with Gasteiger partial charge in [-0.15, -0.1) is 0 Å². The molecule has 1 N–H and O–H groups in total. The van der Waals surface area contributed by atoms with E-state index in [4.69, 9.17) is 0 Å². The monoisotopic (exact) mass is 219 g/mol. The number of hydrogen-bond acceptors (Lipinski definition) is 3. The first-order chi connectivity index (χ1) is 7.75. The normalized spacial score (nSPS) is 14.2. The molecule has 3 nitrogen and oxygen atoms in total. The van der Waals surface area contributed by atoms with E-state index in [-0.39, 0.29) is 0 Å². The summed E-state index contributed by atoms with van der Waals surface area (Å²) in [6, 6.07) is 4.34. The maximum Gasteiger partial charge on any atom is 0.126 e. The second kappa shape index (κ2) is 5.30. The Morgan fingerprint density at radius 2 is 2.19 bits per heavy atom. The maximum atomic E-state index is 4.65. The number of anilines is 1. The number of hydrogen-bond donors (Lipinski definition) is 1. The van der Waals surface area contributed by atoms with E-state index in [2.05, 4.69) is 41.4 Å². The van der Waals surface area contributed by atoms with Crippen molar-refractivity contribution in [2.75, 3.05) is 32.5 Å². The van der Waals surface area contributed by atoms with Gasteiger partial charge in [-0.25, -0.2) is 4.98 Å². The standard InChI is InChI=1S/C13H21N3/c1-16(2)10-4-9-14-13-8-7-11-5-3-6-12(11)15-13/h7-8H,3-6,9-10H2,1-2H3,(H,14,15). The van der Waals surface area contributed by atoms with E-state index < -0.39 is 0 Å². The lowest BCUT2D eigenvalue weighted by atomic mass is 10.2. The van der Waals surface area contributed by atoms with Crippen LogP contribution < -0.4 is 5.32 Å². The van der Waals surface area contributed by atoms with Gasteiger partial charge in [0, 0.05) is 12.2 Å². The molecule has 0 fully saturated rings. The summed E-state index contributed by atoms with van der Waals surface area (Å²) in [5, 5.41) is 3.39. The van der Waals surface area contributed by atoms with E-state index >= 15 is 0 Å². The van der Waals surface area contributed by atoms with Crippen LogP contribution in [0.3, 0.4) is 0 Å². The minimum Gasteiger partial charge on any atom is -0.370 e. The number of pyridine rings is 1. The molecule has 88 valence electrons. The molecule has 0 aliphatic heterocycles. The van der Waals surface area contributed by atoms with Crippen LogP contribution in [0.1, 0.15) is 24.1 Å². The minimum absolute atomic E-state index is 1.00. The highest BCUT2D eigenvalue weighted by Gasteiger charge is 2.11. The Balaban J connectivity index is 1.81. The molecule has 16 heavy (non-hydrogen) atoms. The second-order valence-electron chi connectivity index (χ2n) is 4.74. The molecule has 0 saturated carbocycles. The number of nitrogens with zero attached hydrogens (tertiary/aromatic N) is 2. The first kappa shape index (κ1) is 11.4. The first-order valence-electron chi connectivity index (χ1n) is 6.13. The van der Waals surface area contributed by atoms with Gasteiger partial charge in [-0.05, 0) is 58.0 Å². The van der Waals surface area contributed by atoms with Gasteiger partial charge in [-0.1, -0.05) is 6.07 Å². The van der Waals surface area contributed by atoms with Crippen LogP contribution in [-0.4, -0.2) is 37.1 Å². The lowest BCUT2D eigenvalue weighted by Crippen LogP contribution is -2.16. The fourth-order valence-electron chi connectivity index (χ4n) is 2.13. The molecule has 0 saturated heterocycles. The summed E-state index contributed by atoms with van der Waals surface area (Å²) in [6.45, 7) is 2.13. The smallest absolute Gasteiger partial charge is 0.126 e. The third-order valence-electron chi connectivity index (χ3n) is 3.02. The summed E-state index contributed by atoms with van der Waals surface area (Å²) in [7, 11) is 4.21. The molecule has 0 aromatic carbocycles. The van der Waals surface area contributed by atoms with E-state index in [0.29, 0.717) is 0 Å². The molecule has 0 amide bonds. The molecule has 0 atom stereocenters. The highest BCUT2D eigenvalue weighted by atomic mass is 15.1. The summed E-state index contributed by atoms with van der Waals surface area (Å²) in [5.74, 6) is 1.04. The minimum atomic E-state index is 1.00. The fraction of sp³-hybridized carbons (Fsp3) is 0.615. The first-order valence-corrected chi connectivity index (χ1v) is 6.13. The van der Waals surface area contributed by atoms with Crippen molar-refractivity contribution in [1.82, 2.24) is 9.88 Å². The van der Waals surface area contributed by atoms with Crippen LogP contribution in [0.25, 0.3) is 0 Å². The van der Waals surface area contributed by atoms with Gasteiger partial charge in [0.05, 0.1) is 0 Å². The third-order valence-corrected chi connectivity index (χ3v) is 3.02. The SMILES string of the molecule is CN(C)CCCNc1ccc2c(n1)CCC2. The predicted octanol–water partition coefficient (Wildman–Crippen LogP) is 1.93. The number of rotatable bonds is 5. The molecule has 0 spiro atoms. The quantitative estimate of drug-likeness (QED) is 0.767. The van der Waals surface area contributed by atoms with Gasteiger partial charge in [-0.2, -0.15) is 0 Å². The van der Waals surface area contributed by atoms with Gasteiger partial charge in [0.25, 0.3) is 0 Å². The van der Waals surface area contributed by atoms with Crippen molar-refractivity contribution < 1.29 is 0 Å². The molecule has 2 rings (SSSR count). The number of nitrogens with one attached hydrogen (secondary N) is 1. The molecular weight excluding hydrogens is 198 g/mol. The molecule has 1 heterocycles. The van der Waals surface area contributed by atoms with Crippen molar-refractivity contribution in [2.45, 2.75) is 25.7 Å². The molecule has 3 heteroatoms. The van der Waals surface area contributed by atoms with Gasteiger partial charge in [0.1, 0.15) is 5.82 Å². The lowest BCUT2D eigenvalue weighted by Gasteiger charge is -2.10. The Morgan fingerprint density at radius 1 is 1.31 bits per heavy atom. The van der Waals surface area contributed by atoms with Crippen LogP contribution in [0.5, 0.6) is 0 Å². The van der Waals surface area contributed by atoms with Crippen LogP contribution >= 0.6 is 0 Å². The largest absolute Gasteiger partial charge is 0.370 e. The van der Waals surface area contributed by atoms with Crippen molar-refractivity contribution in [1.29, 1.82) is 0 Å². The van der Waals surface area contributed by atoms with Crippen LogP contribution in [-0.2, 0) is 12.8 Å². The Bertz CT molecular complexity index is 347. The van der Waals surface area contributed by atoms with Gasteiger partial charge in [0.2, 0.25) is 0 Å². The van der Waals surface area contributed by atoms with E-state index in [1.54, 1.807) is 0 Å². The van der Waals surface area contributed by atoms with Crippen molar-refractivity contribution in [2.24, 2.45) is 0 Å². The summed E-state index contributed by atoms with van der Waals surface area (Å²) in [5.41, 5.74) is 2.75. The zero-order valence-corrected chi connectivity index (χ0v) is 10.3. The van der Waals surface area contributed by atoms with Crippen molar-refractivity contribution in [3.63, 3.8) is 0 Å². The molecule has 0 bridgehead atoms. The molecule has 1 aliphatic rings. The predicted molar refractivity (Wildman–Crippen MR) is 67.9 cm³/mol. The van der Waals surface area contributed by atoms with Crippen LogP contribution in [0.4, 0.5) is 5.82 Å². The Hall–Kier alpha value is -1.09. The second-order valence-corrected chi connectivity index (χ2v) is 4.74. The van der Waals surface area contributed by atoms with E-state index in [1.165, 1.54) is 24.1 Å². The van der Waals surface area contributed by atoms with Gasteiger partial charge in [-0.3, -0.25) is 0 Å². The van der Waals surface area contributed by atoms with Gasteiger partial charge in [0.15, 0.2) is 0 Å². The van der Waals surface area contributed by atoms with E-state index in [9.17, 15) is 0 Å². The molecule has 0 unspecified atom stereocenters. The van der Waals surface area contributed by atoms with Crippen molar-refractivity contribution in [3.8, 4) is 0 Å². The van der Waals surface area contributed by atoms with Gasteiger partial charge < -0.3 is 10.2 Å². The Kier molecular flexibility index (Phi) is 3.78.